The molecule has 0 aliphatic carbocycles. The van der Waals surface area contributed by atoms with Gasteiger partial charge in [0.15, 0.2) is 0 Å². The number of nitrogens with one attached hydrogen (secondary N) is 2. The van der Waals surface area contributed by atoms with Gasteiger partial charge in [0.2, 0.25) is 10.0 Å². The van der Waals surface area contributed by atoms with Gasteiger partial charge in [0, 0.05) is 19.6 Å². The van der Waals surface area contributed by atoms with Crippen LogP contribution in [0.15, 0.2) is 27.6 Å². The molecule has 1 rings (SSSR count). The number of benzene rings is 1. The highest BCUT2D eigenvalue weighted by molar-refractivity contribution is 9.10. The minimum Gasteiger partial charge on any atom is -0.496 e. The first-order valence-corrected chi connectivity index (χ1v) is 8.36. The van der Waals surface area contributed by atoms with Crippen molar-refractivity contribution in [3.8, 4) is 5.75 Å². The molecular weight excluding hydrogens is 348 g/mol. The molecule has 1 aromatic carbocycles. The van der Waals surface area contributed by atoms with Gasteiger partial charge in [-0.05, 0) is 41.1 Å². The van der Waals surface area contributed by atoms with Gasteiger partial charge in [-0.25, -0.2) is 13.1 Å². The van der Waals surface area contributed by atoms with Gasteiger partial charge in [-0.1, -0.05) is 0 Å². The smallest absolute Gasteiger partial charge is 0.240 e. The van der Waals surface area contributed by atoms with Gasteiger partial charge < -0.3 is 15.2 Å². The number of rotatable bonds is 8. The summed E-state index contributed by atoms with van der Waals surface area (Å²) in [6, 6.07) is 4.56. The molecule has 0 spiro atoms. The number of hydrogen-bond donors (Lipinski definition) is 3. The van der Waals surface area contributed by atoms with Crippen molar-refractivity contribution < 1.29 is 18.3 Å². The van der Waals surface area contributed by atoms with Crippen molar-refractivity contribution in [3.05, 3.63) is 22.7 Å². The number of aliphatic hydroxyl groups is 1. The predicted octanol–water partition coefficient (Wildman–Crippen LogP) is 0.706. The molecule has 0 radical (unpaired) electrons. The van der Waals surface area contributed by atoms with Crippen LogP contribution < -0.4 is 14.8 Å². The number of sulfonamides is 1. The number of methoxy groups -OCH3 is 1. The molecule has 1 aromatic rings. The van der Waals surface area contributed by atoms with Gasteiger partial charge in [-0.15, -0.1) is 0 Å². The molecule has 1 atom stereocenters. The molecule has 0 heterocycles. The first-order valence-electron chi connectivity index (χ1n) is 6.09. The highest BCUT2D eigenvalue weighted by Gasteiger charge is 2.15. The Balaban J connectivity index is 2.58. The van der Waals surface area contributed by atoms with E-state index in [9.17, 15) is 8.42 Å². The fourth-order valence-corrected chi connectivity index (χ4v) is 3.23. The summed E-state index contributed by atoms with van der Waals surface area (Å²) in [6.07, 6.45) is -0.454. The van der Waals surface area contributed by atoms with E-state index in [1.54, 1.807) is 13.0 Å². The summed E-state index contributed by atoms with van der Waals surface area (Å²) < 4.78 is 32.2. The van der Waals surface area contributed by atoms with Gasteiger partial charge in [0.25, 0.3) is 0 Å². The lowest BCUT2D eigenvalue weighted by molar-refractivity contribution is 0.192. The zero-order valence-electron chi connectivity index (χ0n) is 11.4. The van der Waals surface area contributed by atoms with E-state index < -0.39 is 16.1 Å². The molecule has 0 saturated carbocycles. The second kappa shape index (κ2) is 7.94. The summed E-state index contributed by atoms with van der Waals surface area (Å²) in [5.41, 5.74) is 0. The Bertz CT molecular complexity index is 534. The van der Waals surface area contributed by atoms with Gasteiger partial charge in [-0.2, -0.15) is 0 Å². The average Bonchev–Trinajstić information content (AvgIpc) is 2.37. The minimum atomic E-state index is -3.55. The van der Waals surface area contributed by atoms with Gasteiger partial charge in [-0.3, -0.25) is 0 Å². The SMILES string of the molecule is COc1ccc(S(=O)(=O)NCCNCC(C)O)cc1Br. The molecule has 0 aromatic heterocycles. The van der Waals surface area contributed by atoms with Crippen molar-refractivity contribution in [1.29, 1.82) is 0 Å². The second-order valence-electron chi connectivity index (χ2n) is 4.25. The maximum atomic E-state index is 12.0. The Labute approximate surface area is 127 Å². The van der Waals surface area contributed by atoms with Crippen LogP contribution >= 0.6 is 15.9 Å². The lowest BCUT2D eigenvalue weighted by atomic mass is 10.3. The van der Waals surface area contributed by atoms with Crippen LogP contribution in [-0.2, 0) is 10.0 Å². The number of halogens is 1. The van der Waals surface area contributed by atoms with Crippen molar-refractivity contribution in [2.24, 2.45) is 0 Å². The van der Waals surface area contributed by atoms with Crippen LogP contribution in [0.1, 0.15) is 6.92 Å². The Hall–Kier alpha value is -0.670. The van der Waals surface area contributed by atoms with Crippen LogP contribution in [0, 0.1) is 0 Å². The summed E-state index contributed by atoms with van der Waals surface area (Å²) >= 11 is 3.25. The van der Waals surface area contributed by atoms with Gasteiger partial charge in [0.1, 0.15) is 5.75 Å². The molecule has 0 bridgehead atoms. The van der Waals surface area contributed by atoms with Crippen LogP contribution in [-0.4, -0.2) is 46.4 Å². The molecule has 0 amide bonds. The Morgan fingerprint density at radius 1 is 1.40 bits per heavy atom. The third-order valence-electron chi connectivity index (χ3n) is 2.47. The third kappa shape index (κ3) is 5.37. The zero-order chi connectivity index (χ0) is 15.2. The molecule has 114 valence electrons. The molecule has 8 heteroatoms. The lowest BCUT2D eigenvalue weighted by Crippen LogP contribution is -2.34. The van der Waals surface area contributed by atoms with Gasteiger partial charge in [0.05, 0.1) is 22.6 Å². The van der Waals surface area contributed by atoms with Gasteiger partial charge >= 0.3 is 0 Å². The van der Waals surface area contributed by atoms with E-state index in [4.69, 9.17) is 9.84 Å². The van der Waals surface area contributed by atoms with E-state index in [2.05, 4.69) is 26.0 Å². The number of hydrogen-bond acceptors (Lipinski definition) is 5. The summed E-state index contributed by atoms with van der Waals surface area (Å²) in [7, 11) is -2.03. The summed E-state index contributed by atoms with van der Waals surface area (Å²) in [4.78, 5) is 0.167. The normalized spacial score (nSPS) is 13.2. The molecule has 0 fully saturated rings. The number of aliphatic hydroxyl groups excluding tert-OH is 1. The van der Waals surface area contributed by atoms with Crippen molar-refractivity contribution in [3.63, 3.8) is 0 Å². The third-order valence-corrected chi connectivity index (χ3v) is 4.55. The van der Waals surface area contributed by atoms with Crippen molar-refractivity contribution in [2.45, 2.75) is 17.9 Å². The second-order valence-corrected chi connectivity index (χ2v) is 6.87. The summed E-state index contributed by atoms with van der Waals surface area (Å²) in [5, 5.41) is 12.0. The van der Waals surface area contributed by atoms with E-state index in [-0.39, 0.29) is 11.4 Å². The maximum absolute atomic E-state index is 12.0. The summed E-state index contributed by atoms with van der Waals surface area (Å²) in [6.45, 7) is 2.78. The highest BCUT2D eigenvalue weighted by atomic mass is 79.9. The highest BCUT2D eigenvalue weighted by Crippen LogP contribution is 2.27. The Morgan fingerprint density at radius 2 is 2.10 bits per heavy atom. The van der Waals surface area contributed by atoms with Crippen LogP contribution in [0.25, 0.3) is 0 Å². The largest absolute Gasteiger partial charge is 0.496 e. The first-order chi connectivity index (χ1) is 9.36. The van der Waals surface area contributed by atoms with Crippen molar-refractivity contribution in [1.82, 2.24) is 10.0 Å². The Morgan fingerprint density at radius 3 is 2.65 bits per heavy atom. The molecule has 0 aliphatic heterocycles. The van der Waals surface area contributed by atoms with Crippen LogP contribution in [0.5, 0.6) is 5.75 Å². The van der Waals surface area contributed by atoms with E-state index >= 15 is 0 Å². The predicted molar refractivity (Wildman–Crippen MR) is 80.4 cm³/mol. The van der Waals surface area contributed by atoms with Crippen LogP contribution in [0.3, 0.4) is 0 Å². The molecule has 6 nitrogen and oxygen atoms in total. The molecule has 3 N–H and O–H groups in total. The fraction of sp³-hybridized carbons (Fsp3) is 0.500. The maximum Gasteiger partial charge on any atom is 0.240 e. The van der Waals surface area contributed by atoms with Crippen molar-refractivity contribution >= 4 is 26.0 Å². The monoisotopic (exact) mass is 366 g/mol. The fourth-order valence-electron chi connectivity index (χ4n) is 1.48. The van der Waals surface area contributed by atoms with E-state index in [1.165, 1.54) is 19.2 Å². The van der Waals surface area contributed by atoms with E-state index in [0.717, 1.165) is 0 Å². The topological polar surface area (TPSA) is 87.7 Å². The van der Waals surface area contributed by atoms with Crippen LogP contribution in [0.2, 0.25) is 0 Å². The molecule has 20 heavy (non-hydrogen) atoms. The standard InChI is InChI=1S/C12H19BrN2O4S/c1-9(16)8-14-5-6-15-20(17,18)10-3-4-12(19-2)11(13)7-10/h3-4,7,9,14-16H,5-6,8H2,1-2H3. The minimum absolute atomic E-state index is 0.167. The Kier molecular flexibility index (Phi) is 6.90. The van der Waals surface area contributed by atoms with Crippen LogP contribution in [0.4, 0.5) is 0 Å². The quantitative estimate of drug-likeness (QED) is 0.589. The molecular formula is C12H19BrN2O4S. The van der Waals surface area contributed by atoms with E-state index in [0.29, 0.717) is 23.3 Å². The first kappa shape index (κ1) is 17.4. The molecule has 1 unspecified atom stereocenters. The number of ether oxygens (including phenoxy) is 1. The summed E-state index contributed by atoms with van der Waals surface area (Å²) in [5.74, 6) is 0.572. The molecule has 0 saturated heterocycles. The van der Waals surface area contributed by atoms with Crippen molar-refractivity contribution in [2.75, 3.05) is 26.7 Å². The van der Waals surface area contributed by atoms with E-state index in [1.807, 2.05) is 0 Å². The lowest BCUT2D eigenvalue weighted by Gasteiger charge is -2.10. The zero-order valence-corrected chi connectivity index (χ0v) is 13.8. The average molecular weight is 367 g/mol. The molecule has 0 aliphatic rings.